The van der Waals surface area contributed by atoms with E-state index in [1.165, 1.54) is 0 Å². The van der Waals surface area contributed by atoms with E-state index in [4.69, 9.17) is 0 Å². The molecule has 0 saturated heterocycles. The first-order valence-corrected chi connectivity index (χ1v) is 4.77. The van der Waals surface area contributed by atoms with Gasteiger partial charge in [-0.25, -0.2) is 0 Å². The Balaban J connectivity index is 3.35. The number of rotatable bonds is 4. The lowest BCUT2D eigenvalue weighted by molar-refractivity contribution is 0.352. The maximum Gasteiger partial charge on any atom is -0.0000122 e. The van der Waals surface area contributed by atoms with Crippen LogP contribution in [-0.4, -0.2) is 13.1 Å². The fourth-order valence-corrected chi connectivity index (χ4v) is 0.890. The highest BCUT2D eigenvalue weighted by molar-refractivity contribution is 4.72. The summed E-state index contributed by atoms with van der Waals surface area (Å²) in [4.78, 5) is 0. The highest BCUT2D eigenvalue weighted by Crippen LogP contribution is 2.17. The second kappa shape index (κ2) is 4.27. The molecule has 0 aromatic heterocycles. The van der Waals surface area contributed by atoms with E-state index in [9.17, 15) is 0 Å². The zero-order valence-corrected chi connectivity index (χ0v) is 9.33. The Labute approximate surface area is 77.9 Å². The van der Waals surface area contributed by atoms with E-state index >= 15 is 0 Å². The molecule has 1 heteroatoms. The molecule has 0 saturated carbocycles. The van der Waals surface area contributed by atoms with Crippen LogP contribution in [0.1, 0.15) is 41.0 Å². The average Bonchev–Trinajstić information content (AvgIpc) is 1.76. The normalized spacial score (nSPS) is 13.5. The van der Waals surface area contributed by atoms with Crippen molar-refractivity contribution >= 4 is 0 Å². The maximum absolute atomic E-state index is 4.06. The van der Waals surface area contributed by atoms with Gasteiger partial charge in [-0.3, -0.25) is 0 Å². The van der Waals surface area contributed by atoms with Gasteiger partial charge in [-0.2, -0.15) is 0 Å². The summed E-state index contributed by atoms with van der Waals surface area (Å²) in [6.45, 7) is 17.3. The van der Waals surface area contributed by atoms with Gasteiger partial charge in [0.05, 0.1) is 0 Å². The van der Waals surface area contributed by atoms with E-state index < -0.39 is 0 Å². The zero-order chi connectivity index (χ0) is 9.83. The van der Waals surface area contributed by atoms with Gasteiger partial charge in [0.1, 0.15) is 0 Å². The lowest BCUT2D eigenvalue weighted by atomic mass is 9.92. The topological polar surface area (TPSA) is 12.0 Å². The van der Waals surface area contributed by atoms with Gasteiger partial charge in [-0.15, -0.1) is 0 Å². The fraction of sp³-hybridized carbons (Fsp3) is 0.909. The van der Waals surface area contributed by atoms with Crippen LogP contribution in [0, 0.1) is 17.8 Å². The first-order valence-electron chi connectivity index (χ1n) is 4.77. The third kappa shape index (κ3) is 9.96. The van der Waals surface area contributed by atoms with Crippen molar-refractivity contribution in [3.63, 3.8) is 0 Å². The summed E-state index contributed by atoms with van der Waals surface area (Å²) >= 11 is 0. The molecule has 0 heterocycles. The minimum atomic E-state index is 0.213. The lowest BCUT2D eigenvalue weighted by Crippen LogP contribution is -2.29. The van der Waals surface area contributed by atoms with Crippen LogP contribution < -0.4 is 5.32 Å². The lowest BCUT2D eigenvalue weighted by Gasteiger charge is -2.22. The van der Waals surface area contributed by atoms with E-state index in [1.807, 2.05) is 0 Å². The maximum atomic E-state index is 4.06. The Morgan fingerprint density at radius 1 is 1.08 bits per heavy atom. The molecule has 0 amide bonds. The summed E-state index contributed by atoms with van der Waals surface area (Å²) in [5.74, 6) is 0. The van der Waals surface area contributed by atoms with E-state index in [2.05, 4.69) is 46.9 Å². The average molecular weight is 170 g/mol. The van der Waals surface area contributed by atoms with Crippen molar-refractivity contribution in [2.75, 3.05) is 13.1 Å². The van der Waals surface area contributed by atoms with E-state index in [0.29, 0.717) is 5.41 Å². The Morgan fingerprint density at radius 2 is 1.58 bits per heavy atom. The van der Waals surface area contributed by atoms with Gasteiger partial charge in [0.2, 0.25) is 0 Å². The molecule has 0 aromatic rings. The number of hydrogen-bond acceptors (Lipinski definition) is 1. The highest BCUT2D eigenvalue weighted by atomic mass is 14.9. The summed E-state index contributed by atoms with van der Waals surface area (Å²) in [6.07, 6.45) is 1.14. The molecule has 1 N–H and O–H groups in total. The molecule has 0 unspecified atom stereocenters. The highest BCUT2D eigenvalue weighted by Gasteiger charge is 2.11. The SMILES string of the molecule is [CH2]C(C)(C)CCNCC(C)(C)C. The van der Waals surface area contributed by atoms with Gasteiger partial charge in [0.25, 0.3) is 0 Å². The van der Waals surface area contributed by atoms with Crippen LogP contribution in [0.5, 0.6) is 0 Å². The van der Waals surface area contributed by atoms with Crippen LogP contribution in [0.2, 0.25) is 0 Å². The van der Waals surface area contributed by atoms with Crippen LogP contribution in [0.25, 0.3) is 0 Å². The van der Waals surface area contributed by atoms with Gasteiger partial charge in [-0.05, 0) is 37.3 Å². The minimum Gasteiger partial charge on any atom is -0.316 e. The molecule has 1 nitrogen and oxygen atoms in total. The van der Waals surface area contributed by atoms with Crippen molar-refractivity contribution in [1.82, 2.24) is 5.32 Å². The Hall–Kier alpha value is -0.0400. The monoisotopic (exact) mass is 170 g/mol. The first kappa shape index (κ1) is 12.0. The first-order chi connectivity index (χ1) is 5.21. The molecule has 0 fully saturated rings. The quantitative estimate of drug-likeness (QED) is 0.640. The Bertz CT molecular complexity index is 97.9. The Morgan fingerprint density at radius 3 is 1.92 bits per heavy atom. The molecular formula is C11H24N. The molecule has 0 aliphatic rings. The molecular weight excluding hydrogens is 146 g/mol. The molecule has 0 bridgehead atoms. The zero-order valence-electron chi connectivity index (χ0n) is 9.33. The van der Waals surface area contributed by atoms with Gasteiger partial charge >= 0.3 is 0 Å². The molecule has 0 aliphatic carbocycles. The van der Waals surface area contributed by atoms with Crippen molar-refractivity contribution in [2.45, 2.75) is 41.0 Å². The summed E-state index contributed by atoms with van der Waals surface area (Å²) in [5.41, 5.74) is 0.607. The largest absolute Gasteiger partial charge is 0.316 e. The van der Waals surface area contributed by atoms with Crippen LogP contribution >= 0.6 is 0 Å². The van der Waals surface area contributed by atoms with Crippen molar-refractivity contribution in [3.8, 4) is 0 Å². The molecule has 0 aromatic carbocycles. The van der Waals surface area contributed by atoms with Gasteiger partial charge in [0, 0.05) is 0 Å². The van der Waals surface area contributed by atoms with Crippen LogP contribution in [0.3, 0.4) is 0 Å². The molecule has 1 radical (unpaired) electrons. The van der Waals surface area contributed by atoms with Crippen molar-refractivity contribution in [3.05, 3.63) is 6.92 Å². The summed E-state index contributed by atoms with van der Waals surface area (Å²) in [7, 11) is 0. The Kier molecular flexibility index (Phi) is 4.25. The van der Waals surface area contributed by atoms with Crippen molar-refractivity contribution in [2.24, 2.45) is 10.8 Å². The number of nitrogens with one attached hydrogen (secondary N) is 1. The fourth-order valence-electron chi connectivity index (χ4n) is 0.890. The van der Waals surface area contributed by atoms with Crippen molar-refractivity contribution in [1.29, 1.82) is 0 Å². The summed E-state index contributed by atoms with van der Waals surface area (Å²) < 4.78 is 0. The van der Waals surface area contributed by atoms with Crippen LogP contribution in [0.4, 0.5) is 0 Å². The minimum absolute atomic E-state index is 0.213. The second-order valence-corrected chi connectivity index (χ2v) is 5.65. The predicted molar refractivity (Wildman–Crippen MR) is 56.1 cm³/mol. The number of hydrogen-bond donors (Lipinski definition) is 1. The van der Waals surface area contributed by atoms with E-state index in [0.717, 1.165) is 19.5 Å². The van der Waals surface area contributed by atoms with Crippen molar-refractivity contribution < 1.29 is 0 Å². The molecule has 0 aliphatic heterocycles. The van der Waals surface area contributed by atoms with Crippen LogP contribution in [-0.2, 0) is 0 Å². The molecule has 0 spiro atoms. The standard InChI is InChI=1S/C11H24N/c1-10(2,3)7-8-12-9-11(4,5)6/h12H,1,7-9H2,2-6H3. The van der Waals surface area contributed by atoms with Gasteiger partial charge in [0.15, 0.2) is 0 Å². The molecule has 0 atom stereocenters. The van der Waals surface area contributed by atoms with Gasteiger partial charge < -0.3 is 5.32 Å². The molecule has 73 valence electrons. The van der Waals surface area contributed by atoms with Crippen LogP contribution in [0.15, 0.2) is 0 Å². The van der Waals surface area contributed by atoms with E-state index in [-0.39, 0.29) is 5.41 Å². The second-order valence-electron chi connectivity index (χ2n) is 5.65. The molecule has 12 heavy (non-hydrogen) atoms. The summed E-state index contributed by atoms with van der Waals surface area (Å²) in [5, 5.41) is 3.44. The van der Waals surface area contributed by atoms with Gasteiger partial charge in [-0.1, -0.05) is 34.6 Å². The van der Waals surface area contributed by atoms with E-state index in [1.54, 1.807) is 0 Å². The molecule has 0 rings (SSSR count). The summed E-state index contributed by atoms with van der Waals surface area (Å²) in [6, 6.07) is 0. The predicted octanol–water partition coefficient (Wildman–Crippen LogP) is 2.87. The third-order valence-corrected chi connectivity index (χ3v) is 1.63. The third-order valence-electron chi connectivity index (χ3n) is 1.63. The smallest absolute Gasteiger partial charge is 0.0000122 e.